The Morgan fingerprint density at radius 1 is 0.936 bits per heavy atom. The van der Waals surface area contributed by atoms with Crippen molar-refractivity contribution >= 4 is 15.7 Å². The van der Waals surface area contributed by atoms with E-state index in [4.69, 9.17) is 4.74 Å². The van der Waals surface area contributed by atoms with Gasteiger partial charge in [-0.15, -0.1) is 0 Å². The van der Waals surface area contributed by atoms with E-state index in [9.17, 15) is 49.1 Å². The Balaban J connectivity index is 1.39. The van der Waals surface area contributed by atoms with Crippen LogP contribution < -0.4 is 5.32 Å². The smallest absolute Gasteiger partial charge is 0.380 e. The molecule has 47 heavy (non-hydrogen) atoms. The van der Waals surface area contributed by atoms with Crippen molar-refractivity contribution in [3.63, 3.8) is 0 Å². The maximum Gasteiger partial charge on any atom is 0.435 e. The first-order valence-corrected chi connectivity index (χ1v) is 16.4. The maximum atomic E-state index is 15.0. The van der Waals surface area contributed by atoms with Crippen molar-refractivity contribution < 1.29 is 58.2 Å². The number of amides is 1. The third kappa shape index (κ3) is 5.17. The van der Waals surface area contributed by atoms with Gasteiger partial charge in [-0.3, -0.25) is 9.69 Å². The van der Waals surface area contributed by atoms with Gasteiger partial charge in [0.15, 0.2) is 9.84 Å². The molecule has 2 aliphatic carbocycles. The van der Waals surface area contributed by atoms with Gasteiger partial charge in [-0.05, 0) is 73.1 Å². The molecule has 0 unspecified atom stereocenters. The van der Waals surface area contributed by atoms with Gasteiger partial charge in [0.1, 0.15) is 16.2 Å². The molecular weight excluding hydrogens is 664 g/mol. The number of carbonyl (C=O) groups is 1. The van der Waals surface area contributed by atoms with E-state index in [2.05, 4.69) is 10.2 Å². The predicted molar refractivity (Wildman–Crippen MR) is 150 cm³/mol. The summed E-state index contributed by atoms with van der Waals surface area (Å²) in [4.78, 5) is 15.2. The molecule has 2 N–H and O–H groups in total. The average Bonchev–Trinajstić information content (AvgIpc) is 3.36. The normalized spacial score (nSPS) is 25.4. The number of alkyl halides is 7. The number of fused-ring (bicyclic) bond motifs is 3. The topological polar surface area (TPSA) is 95.9 Å². The fraction of sp³-hybridized carbons (Fsp3) is 0.516. The number of nitrogens with zero attached hydrogens (tertiary/aromatic N) is 1. The van der Waals surface area contributed by atoms with Gasteiger partial charge in [0.25, 0.3) is 5.91 Å². The number of hydrogen-bond acceptors (Lipinski definition) is 6. The van der Waals surface area contributed by atoms with Gasteiger partial charge >= 0.3 is 18.0 Å². The van der Waals surface area contributed by atoms with Gasteiger partial charge < -0.3 is 15.2 Å². The molecule has 0 bridgehead atoms. The van der Waals surface area contributed by atoms with Crippen LogP contribution in [0.5, 0.6) is 0 Å². The van der Waals surface area contributed by atoms with Gasteiger partial charge in [-0.2, -0.15) is 26.3 Å². The van der Waals surface area contributed by atoms with E-state index in [1.165, 1.54) is 6.08 Å². The largest absolute Gasteiger partial charge is 0.435 e. The lowest BCUT2D eigenvalue weighted by molar-refractivity contribution is -0.348. The number of nitrogens with one attached hydrogen (secondary N) is 1. The number of sulfone groups is 1. The lowest BCUT2D eigenvalue weighted by Crippen LogP contribution is -2.59. The molecule has 0 spiro atoms. The molecule has 0 aromatic heterocycles. The van der Waals surface area contributed by atoms with Crippen molar-refractivity contribution in [2.75, 3.05) is 26.3 Å². The molecule has 4 aliphatic rings. The molecule has 2 aliphatic heterocycles. The van der Waals surface area contributed by atoms with E-state index >= 15 is 4.39 Å². The number of carbonyl (C=O) groups excluding carboxylic acids is 1. The number of benzene rings is 2. The Bertz CT molecular complexity index is 1680. The maximum absolute atomic E-state index is 15.0. The first kappa shape index (κ1) is 33.8. The molecule has 1 amide bonds. The second-order valence-corrected chi connectivity index (χ2v) is 14.7. The fourth-order valence-electron chi connectivity index (χ4n) is 7.22. The van der Waals surface area contributed by atoms with E-state index in [1.807, 2.05) is 0 Å². The molecule has 2 aromatic carbocycles. The van der Waals surface area contributed by atoms with Gasteiger partial charge in [0, 0.05) is 18.7 Å². The van der Waals surface area contributed by atoms with Crippen molar-refractivity contribution in [3.05, 3.63) is 76.6 Å². The van der Waals surface area contributed by atoms with Crippen LogP contribution >= 0.6 is 0 Å². The highest BCUT2D eigenvalue weighted by atomic mass is 32.2. The van der Waals surface area contributed by atoms with Crippen LogP contribution in [0, 0.1) is 5.82 Å². The zero-order valence-corrected chi connectivity index (χ0v) is 25.4. The summed E-state index contributed by atoms with van der Waals surface area (Å²) < 4.78 is 142. The van der Waals surface area contributed by atoms with Crippen LogP contribution in [0.2, 0.25) is 0 Å². The fourth-order valence-corrected chi connectivity index (χ4v) is 9.52. The van der Waals surface area contributed by atoms with Crippen LogP contribution in [0.25, 0.3) is 0 Å². The van der Waals surface area contributed by atoms with E-state index < -0.39 is 61.5 Å². The monoisotopic (exact) mass is 694 g/mol. The molecule has 0 radical (unpaired) electrons. The highest BCUT2D eigenvalue weighted by molar-refractivity contribution is 7.92. The molecule has 7 nitrogen and oxygen atoms in total. The predicted octanol–water partition coefficient (Wildman–Crippen LogP) is 4.77. The van der Waals surface area contributed by atoms with Crippen LogP contribution in [-0.4, -0.2) is 80.7 Å². The standard InChI is InChI=1S/C31H30F8N2O5S/c32-20-3-5-22(6-4-20)47(44,45)28-10-9-25(40-26(42)27(43)11-13-41(14-12-27)21-16-46-17-21)24(28)7-1-18-15-19(2-8-23(18)28)29(33,30(34,35)36)31(37,38)39/h2-8,15,21,25,43H,1,9-14,16-17H2,(H,40,42)/t25-,28-/m1/s1. The van der Waals surface area contributed by atoms with Crippen molar-refractivity contribution in [2.45, 2.75) is 77.5 Å². The van der Waals surface area contributed by atoms with Crippen molar-refractivity contribution in [1.29, 1.82) is 0 Å². The van der Waals surface area contributed by atoms with Crippen LogP contribution in [0.1, 0.15) is 42.4 Å². The average molecular weight is 695 g/mol. The third-order valence-electron chi connectivity index (χ3n) is 9.96. The zero-order valence-electron chi connectivity index (χ0n) is 24.6. The highest BCUT2D eigenvalue weighted by Crippen LogP contribution is 2.57. The minimum atomic E-state index is -6.38. The second-order valence-electron chi connectivity index (χ2n) is 12.5. The van der Waals surface area contributed by atoms with E-state index in [-0.39, 0.29) is 65.8 Å². The Morgan fingerprint density at radius 2 is 1.55 bits per heavy atom. The van der Waals surface area contributed by atoms with Gasteiger partial charge in [-0.1, -0.05) is 24.3 Å². The Kier molecular flexibility index (Phi) is 8.08. The van der Waals surface area contributed by atoms with Crippen LogP contribution in [0.15, 0.2) is 59.0 Å². The van der Waals surface area contributed by atoms with Gasteiger partial charge in [0.2, 0.25) is 0 Å². The number of likely N-dealkylation sites (tertiary alicyclic amines) is 1. The van der Waals surface area contributed by atoms with E-state index in [1.54, 1.807) is 0 Å². The minimum absolute atomic E-state index is 0.0288. The third-order valence-corrected chi connectivity index (χ3v) is 12.4. The van der Waals surface area contributed by atoms with Crippen LogP contribution in [0.4, 0.5) is 35.1 Å². The van der Waals surface area contributed by atoms with Crippen molar-refractivity contribution in [2.24, 2.45) is 0 Å². The Labute approximate surface area is 264 Å². The summed E-state index contributed by atoms with van der Waals surface area (Å²) in [6.45, 7) is 1.92. The summed E-state index contributed by atoms with van der Waals surface area (Å²) in [6, 6.07) is 4.34. The Morgan fingerprint density at radius 3 is 2.11 bits per heavy atom. The number of allylic oxidation sites excluding steroid dienone is 1. The molecule has 3 fully saturated rings. The lowest BCUT2D eigenvalue weighted by atomic mass is 9.79. The molecular formula is C31H30F8N2O5S. The summed E-state index contributed by atoms with van der Waals surface area (Å²) in [7, 11) is -4.62. The molecule has 2 aromatic rings. The lowest BCUT2D eigenvalue weighted by Gasteiger charge is -2.44. The number of ether oxygens (including phenoxy) is 1. The molecule has 256 valence electrons. The minimum Gasteiger partial charge on any atom is -0.380 e. The number of hydrogen-bond donors (Lipinski definition) is 2. The molecule has 16 heteroatoms. The van der Waals surface area contributed by atoms with Crippen molar-refractivity contribution in [3.8, 4) is 0 Å². The van der Waals surface area contributed by atoms with E-state index in [0.717, 1.165) is 30.3 Å². The van der Waals surface area contributed by atoms with Gasteiger partial charge in [-0.25, -0.2) is 17.2 Å². The Hall–Kier alpha value is -3.08. The molecule has 6 rings (SSSR count). The summed E-state index contributed by atoms with van der Waals surface area (Å²) in [5.41, 5.74) is -9.63. The van der Waals surface area contributed by atoms with Gasteiger partial charge in [0.05, 0.1) is 30.2 Å². The summed E-state index contributed by atoms with van der Waals surface area (Å²) in [6.07, 6.45) is -11.9. The SMILES string of the molecule is O=C(N[C@@H]1CC[C@]2(S(=O)(=O)c3ccc(F)cc3)C1=CCc1cc(C(F)(C(F)(F)F)C(F)(F)F)ccc12)C1(O)CCN(C2COC2)CC1. The number of piperidine rings is 1. The number of aliphatic hydroxyl groups is 1. The number of rotatable bonds is 6. The molecule has 2 atom stereocenters. The van der Waals surface area contributed by atoms with E-state index in [0.29, 0.717) is 32.4 Å². The zero-order chi connectivity index (χ0) is 34.2. The summed E-state index contributed by atoms with van der Waals surface area (Å²) in [5.74, 6) is -1.51. The first-order valence-electron chi connectivity index (χ1n) is 14.9. The van der Waals surface area contributed by atoms with Crippen LogP contribution in [-0.2, 0) is 36.2 Å². The quantitative estimate of drug-likeness (QED) is 0.257. The van der Waals surface area contributed by atoms with Crippen LogP contribution in [0.3, 0.4) is 0 Å². The highest BCUT2D eigenvalue weighted by Gasteiger charge is 2.73. The van der Waals surface area contributed by atoms with Crippen molar-refractivity contribution in [1.82, 2.24) is 10.2 Å². The summed E-state index contributed by atoms with van der Waals surface area (Å²) in [5, 5.41) is 14.0. The number of halogens is 8. The molecule has 2 heterocycles. The molecule has 2 saturated heterocycles. The molecule has 1 saturated carbocycles. The second kappa shape index (κ2) is 11.2. The summed E-state index contributed by atoms with van der Waals surface area (Å²) >= 11 is 0. The first-order chi connectivity index (χ1) is 21.8.